The smallest absolute Gasteiger partial charge is 0.326 e. The number of halogens is 2. The number of hydrogen-bond donors (Lipinski definition) is 1. The molecule has 0 aliphatic carbocycles. The number of carbonyl (C=O) groups is 4. The third-order valence-corrected chi connectivity index (χ3v) is 4.27. The normalized spacial score (nSPS) is 19.2. The molecule has 0 saturated carbocycles. The highest BCUT2D eigenvalue weighted by Gasteiger charge is 2.47. The van der Waals surface area contributed by atoms with Crippen molar-refractivity contribution < 1.29 is 32.7 Å². The molecule has 146 valence electrons. The fraction of sp³-hybridized carbons (Fsp3) is 0.444. The van der Waals surface area contributed by atoms with Crippen LogP contribution in [0.15, 0.2) is 18.2 Å². The van der Waals surface area contributed by atoms with Crippen LogP contribution in [0.3, 0.4) is 0 Å². The number of esters is 1. The summed E-state index contributed by atoms with van der Waals surface area (Å²) >= 11 is 0. The number of imide groups is 1. The number of nitrogens with zero attached hydrogens (tertiary/aromatic N) is 1. The number of benzene rings is 1. The van der Waals surface area contributed by atoms with Crippen molar-refractivity contribution in [1.29, 1.82) is 0 Å². The lowest BCUT2D eigenvalue weighted by molar-refractivity contribution is -0.146. The second kappa shape index (κ2) is 8.24. The van der Waals surface area contributed by atoms with Crippen LogP contribution >= 0.6 is 0 Å². The molecule has 0 bridgehead atoms. The number of Topliss-reactive ketones (excluding diaryl/α,β-unsaturated/α-hetero) is 1. The molecule has 1 N–H and O–H groups in total. The minimum atomic E-state index is -1.20. The van der Waals surface area contributed by atoms with Crippen LogP contribution in [-0.4, -0.2) is 47.3 Å². The van der Waals surface area contributed by atoms with Crippen LogP contribution in [0.2, 0.25) is 0 Å². The van der Waals surface area contributed by atoms with Crippen LogP contribution in [0.4, 0.5) is 13.6 Å². The van der Waals surface area contributed by atoms with Crippen LogP contribution in [0, 0.1) is 11.6 Å². The molecule has 7 nitrogen and oxygen atoms in total. The van der Waals surface area contributed by atoms with Crippen LogP contribution in [-0.2, 0) is 14.3 Å². The summed E-state index contributed by atoms with van der Waals surface area (Å²) in [7, 11) is 0. The molecule has 1 saturated heterocycles. The molecule has 0 radical (unpaired) electrons. The lowest BCUT2D eigenvalue weighted by atomic mass is 9.95. The van der Waals surface area contributed by atoms with Gasteiger partial charge in [-0.15, -0.1) is 0 Å². The van der Waals surface area contributed by atoms with Crippen molar-refractivity contribution in [1.82, 2.24) is 10.2 Å². The minimum absolute atomic E-state index is 0.163. The Bertz CT molecular complexity index is 783. The highest BCUT2D eigenvalue weighted by Crippen LogP contribution is 2.23. The first-order valence-corrected chi connectivity index (χ1v) is 8.46. The number of carbonyl (C=O) groups excluding carboxylic acids is 4. The van der Waals surface area contributed by atoms with Crippen LogP contribution in [0.5, 0.6) is 0 Å². The van der Waals surface area contributed by atoms with E-state index in [1.807, 2.05) is 6.92 Å². The average molecular weight is 382 g/mol. The monoisotopic (exact) mass is 382 g/mol. The molecule has 1 fully saturated rings. The topological polar surface area (TPSA) is 92.8 Å². The van der Waals surface area contributed by atoms with Gasteiger partial charge in [0.1, 0.15) is 12.1 Å². The quantitative estimate of drug-likeness (QED) is 0.423. The Balaban J connectivity index is 1.91. The zero-order valence-corrected chi connectivity index (χ0v) is 15.0. The summed E-state index contributed by atoms with van der Waals surface area (Å²) in [5, 5.41) is 2.56. The molecule has 0 spiro atoms. The number of urea groups is 1. The molecular formula is C18H20F2N2O5. The molecule has 2 rings (SSSR count). The number of ketones is 1. The standard InChI is InChI=1S/C18H20F2N2O5/c1-3-4-7-18(2)16(25)22(17(26)21-18)9-15(24)27-10-14(23)11-5-6-12(19)13(20)8-11/h5-6,8H,3-4,7,9-10H2,1-2H3,(H,21,26)/t18-/m0/s1. The molecule has 1 atom stereocenters. The molecule has 9 heteroatoms. The molecule has 1 aliphatic rings. The van der Waals surface area contributed by atoms with Gasteiger partial charge in [-0.05, 0) is 31.5 Å². The van der Waals surface area contributed by atoms with Gasteiger partial charge in [0.15, 0.2) is 24.0 Å². The van der Waals surface area contributed by atoms with Crippen molar-refractivity contribution in [3.63, 3.8) is 0 Å². The zero-order chi connectivity index (χ0) is 20.2. The lowest BCUT2D eigenvalue weighted by Crippen LogP contribution is -2.44. The maximum atomic E-state index is 13.1. The highest BCUT2D eigenvalue weighted by atomic mass is 19.2. The molecule has 3 amide bonds. The number of rotatable bonds is 8. The summed E-state index contributed by atoms with van der Waals surface area (Å²) in [6.45, 7) is 2.17. The van der Waals surface area contributed by atoms with Crippen molar-refractivity contribution in [2.45, 2.75) is 38.6 Å². The first-order chi connectivity index (χ1) is 12.7. The summed E-state index contributed by atoms with van der Waals surface area (Å²) < 4.78 is 30.8. The van der Waals surface area contributed by atoms with Crippen molar-refractivity contribution in [3.8, 4) is 0 Å². The number of amides is 3. The van der Waals surface area contributed by atoms with E-state index in [4.69, 9.17) is 4.74 Å². The van der Waals surface area contributed by atoms with Crippen LogP contribution in [0.1, 0.15) is 43.5 Å². The molecule has 27 heavy (non-hydrogen) atoms. The van der Waals surface area contributed by atoms with E-state index in [-0.39, 0.29) is 5.56 Å². The third kappa shape index (κ3) is 4.66. The SMILES string of the molecule is CCCC[C@]1(C)NC(=O)N(CC(=O)OCC(=O)c2ccc(F)c(F)c2)C1=O. The molecule has 1 heterocycles. The van der Waals surface area contributed by atoms with Gasteiger partial charge in [0.05, 0.1) is 0 Å². The second-order valence-electron chi connectivity index (χ2n) is 6.47. The predicted octanol–water partition coefficient (Wildman–Crippen LogP) is 2.19. The van der Waals surface area contributed by atoms with Gasteiger partial charge in [-0.3, -0.25) is 19.3 Å². The van der Waals surface area contributed by atoms with E-state index in [2.05, 4.69) is 5.32 Å². The Kier molecular flexibility index (Phi) is 6.24. The van der Waals surface area contributed by atoms with E-state index in [9.17, 15) is 28.0 Å². The molecular weight excluding hydrogens is 362 g/mol. The Labute approximate surface area is 154 Å². The maximum Gasteiger partial charge on any atom is 0.326 e. The number of unbranched alkanes of at least 4 members (excludes halogenated alkanes) is 1. The van der Waals surface area contributed by atoms with Crippen molar-refractivity contribution >= 4 is 23.7 Å². The van der Waals surface area contributed by atoms with Gasteiger partial charge in [0.25, 0.3) is 5.91 Å². The zero-order valence-electron chi connectivity index (χ0n) is 15.0. The number of hydrogen-bond acceptors (Lipinski definition) is 5. The highest BCUT2D eigenvalue weighted by molar-refractivity contribution is 6.08. The lowest BCUT2D eigenvalue weighted by Gasteiger charge is -2.21. The summed E-state index contributed by atoms with van der Waals surface area (Å²) in [6.07, 6.45) is 2.00. The Morgan fingerprint density at radius 1 is 1.22 bits per heavy atom. The third-order valence-electron chi connectivity index (χ3n) is 4.27. The molecule has 1 aromatic rings. The average Bonchev–Trinajstić information content (AvgIpc) is 2.83. The van der Waals surface area contributed by atoms with Crippen molar-refractivity contribution in [2.24, 2.45) is 0 Å². The fourth-order valence-electron chi connectivity index (χ4n) is 2.66. The minimum Gasteiger partial charge on any atom is -0.456 e. The molecule has 1 aromatic carbocycles. The fourth-order valence-corrected chi connectivity index (χ4v) is 2.66. The van der Waals surface area contributed by atoms with E-state index < -0.39 is 54.0 Å². The maximum absolute atomic E-state index is 13.1. The molecule has 0 aromatic heterocycles. The summed E-state index contributed by atoms with van der Waals surface area (Å²) in [5.74, 6) is -4.54. The summed E-state index contributed by atoms with van der Waals surface area (Å²) in [4.78, 5) is 48.9. The van der Waals surface area contributed by atoms with Gasteiger partial charge in [0, 0.05) is 5.56 Å². The van der Waals surface area contributed by atoms with Gasteiger partial charge in [0.2, 0.25) is 0 Å². The van der Waals surface area contributed by atoms with Gasteiger partial charge < -0.3 is 10.1 Å². The van der Waals surface area contributed by atoms with Gasteiger partial charge in [-0.1, -0.05) is 19.8 Å². The van der Waals surface area contributed by atoms with E-state index in [0.717, 1.165) is 29.9 Å². The first-order valence-electron chi connectivity index (χ1n) is 8.46. The van der Waals surface area contributed by atoms with E-state index in [1.165, 1.54) is 0 Å². The first kappa shape index (κ1) is 20.5. The Morgan fingerprint density at radius 3 is 2.56 bits per heavy atom. The number of ether oxygens (including phenoxy) is 1. The van der Waals surface area contributed by atoms with Gasteiger partial charge in [-0.2, -0.15) is 0 Å². The predicted molar refractivity (Wildman–Crippen MR) is 89.8 cm³/mol. The van der Waals surface area contributed by atoms with E-state index in [1.54, 1.807) is 6.92 Å². The summed E-state index contributed by atoms with van der Waals surface area (Å²) in [5.41, 5.74) is -1.24. The van der Waals surface area contributed by atoms with Gasteiger partial charge in [-0.25, -0.2) is 13.6 Å². The van der Waals surface area contributed by atoms with Crippen molar-refractivity contribution in [3.05, 3.63) is 35.4 Å². The largest absolute Gasteiger partial charge is 0.456 e. The second-order valence-corrected chi connectivity index (χ2v) is 6.47. The van der Waals surface area contributed by atoms with Gasteiger partial charge >= 0.3 is 12.0 Å². The Morgan fingerprint density at radius 2 is 1.93 bits per heavy atom. The van der Waals surface area contributed by atoms with Crippen LogP contribution < -0.4 is 5.32 Å². The van der Waals surface area contributed by atoms with E-state index >= 15 is 0 Å². The molecule has 0 unspecified atom stereocenters. The number of nitrogens with one attached hydrogen (secondary N) is 1. The molecule has 1 aliphatic heterocycles. The van der Waals surface area contributed by atoms with Crippen molar-refractivity contribution in [2.75, 3.05) is 13.2 Å². The summed E-state index contributed by atoms with van der Waals surface area (Å²) in [6, 6.07) is 1.84. The van der Waals surface area contributed by atoms with Crippen LogP contribution in [0.25, 0.3) is 0 Å². The Hall–Kier alpha value is -2.84. The van der Waals surface area contributed by atoms with E-state index in [0.29, 0.717) is 12.5 Å².